The molecule has 1 aliphatic rings. The maximum Gasteiger partial charge on any atom is 0.393 e. The maximum atomic E-state index is 13.0. The number of carbonyl (C=O) groups excluding carboxylic acids is 2. The van der Waals surface area contributed by atoms with Crippen molar-refractivity contribution in [2.75, 3.05) is 32.5 Å². The lowest BCUT2D eigenvalue weighted by molar-refractivity contribution is -0.182. The van der Waals surface area contributed by atoms with Gasteiger partial charge in [-0.05, 0) is 19.2 Å². The molecule has 2 atom stereocenters. The largest absolute Gasteiger partial charge is 0.393 e. The molecule has 1 fully saturated rings. The van der Waals surface area contributed by atoms with E-state index in [1.165, 1.54) is 30.3 Å². The Balaban J connectivity index is 2.07. The number of pyridine rings is 1. The third-order valence-corrected chi connectivity index (χ3v) is 3.76. The van der Waals surface area contributed by atoms with Crippen molar-refractivity contribution in [3.63, 3.8) is 0 Å². The maximum absolute atomic E-state index is 13.0. The number of aromatic nitrogens is 1. The van der Waals surface area contributed by atoms with Crippen LogP contribution in [-0.4, -0.2) is 55.1 Å². The van der Waals surface area contributed by atoms with Gasteiger partial charge in [0, 0.05) is 26.3 Å². The number of nitrogens with zero attached hydrogens (tertiary/aromatic N) is 2. The average Bonchev–Trinajstić information content (AvgIpc) is 2.89. The van der Waals surface area contributed by atoms with E-state index in [2.05, 4.69) is 15.6 Å². The monoisotopic (exact) mass is 330 g/mol. The van der Waals surface area contributed by atoms with Gasteiger partial charge in [-0.2, -0.15) is 13.2 Å². The van der Waals surface area contributed by atoms with E-state index in [-0.39, 0.29) is 24.8 Å². The molecule has 1 aliphatic heterocycles. The lowest BCUT2D eigenvalue weighted by atomic mass is 9.94. The highest BCUT2D eigenvalue weighted by atomic mass is 19.4. The zero-order chi connectivity index (χ0) is 17.2. The number of rotatable bonds is 3. The first kappa shape index (κ1) is 17.2. The fraction of sp³-hybridized carbons (Fsp3) is 0.500. The first-order valence-electron chi connectivity index (χ1n) is 6.96. The van der Waals surface area contributed by atoms with E-state index in [1.54, 1.807) is 7.05 Å². The summed E-state index contributed by atoms with van der Waals surface area (Å²) >= 11 is 0. The Morgan fingerprint density at radius 2 is 2.00 bits per heavy atom. The van der Waals surface area contributed by atoms with Crippen LogP contribution in [0.4, 0.5) is 19.0 Å². The van der Waals surface area contributed by atoms with E-state index in [0.29, 0.717) is 5.56 Å². The number of alkyl halides is 3. The van der Waals surface area contributed by atoms with Crippen molar-refractivity contribution >= 4 is 17.6 Å². The second-order valence-electron chi connectivity index (χ2n) is 5.48. The second kappa shape index (κ2) is 6.53. The lowest BCUT2D eigenvalue weighted by Gasteiger charge is -2.20. The molecule has 0 aromatic carbocycles. The molecule has 0 spiro atoms. The minimum Gasteiger partial charge on any atom is -0.355 e. The molecule has 1 aromatic heterocycles. The summed E-state index contributed by atoms with van der Waals surface area (Å²) in [4.78, 5) is 28.9. The van der Waals surface area contributed by atoms with Crippen molar-refractivity contribution in [2.45, 2.75) is 6.18 Å². The first-order chi connectivity index (χ1) is 10.7. The molecule has 0 radical (unpaired) electrons. The summed E-state index contributed by atoms with van der Waals surface area (Å²) in [5.41, 5.74) is 0.291. The fourth-order valence-electron chi connectivity index (χ4n) is 2.56. The molecule has 9 heteroatoms. The van der Waals surface area contributed by atoms with E-state index in [0.717, 1.165) is 0 Å². The van der Waals surface area contributed by atoms with Crippen LogP contribution < -0.4 is 10.6 Å². The van der Waals surface area contributed by atoms with Crippen molar-refractivity contribution in [2.24, 2.45) is 11.8 Å². The molecule has 0 bridgehead atoms. The molecule has 126 valence electrons. The van der Waals surface area contributed by atoms with Gasteiger partial charge in [0.1, 0.15) is 5.82 Å². The van der Waals surface area contributed by atoms with Gasteiger partial charge >= 0.3 is 6.18 Å². The topological polar surface area (TPSA) is 74.3 Å². The van der Waals surface area contributed by atoms with Gasteiger partial charge in [0.2, 0.25) is 5.91 Å². The zero-order valence-electron chi connectivity index (χ0n) is 12.6. The summed E-state index contributed by atoms with van der Waals surface area (Å²) in [6.07, 6.45) is -3.18. The third-order valence-electron chi connectivity index (χ3n) is 3.76. The minimum atomic E-state index is -4.43. The standard InChI is InChI=1S/C14H17F3N4O2/c1-18-12(22)8-3-4-11(19-5-8)20-13(23)9-6-21(2)7-10(9)14(15,16)17/h3-5,9-10H,6-7H2,1-2H3,(H,18,22)(H,19,20,23)/t9-,10-/m1/s1. The van der Waals surface area contributed by atoms with Crippen LogP contribution in [0.3, 0.4) is 0 Å². The van der Waals surface area contributed by atoms with Gasteiger partial charge in [-0.3, -0.25) is 9.59 Å². The van der Waals surface area contributed by atoms with E-state index in [9.17, 15) is 22.8 Å². The molecule has 2 rings (SSSR count). The molecule has 6 nitrogen and oxygen atoms in total. The Bertz CT molecular complexity index is 589. The number of halogens is 3. The molecular formula is C14H17F3N4O2. The van der Waals surface area contributed by atoms with Crippen LogP contribution in [0.1, 0.15) is 10.4 Å². The molecule has 0 aliphatic carbocycles. The molecule has 1 saturated heterocycles. The van der Waals surface area contributed by atoms with Gasteiger partial charge in [0.05, 0.1) is 17.4 Å². The van der Waals surface area contributed by atoms with Gasteiger partial charge in [0.15, 0.2) is 0 Å². The Morgan fingerprint density at radius 3 is 2.52 bits per heavy atom. The van der Waals surface area contributed by atoms with Crippen molar-refractivity contribution < 1.29 is 22.8 Å². The molecule has 2 N–H and O–H groups in total. The Kier molecular flexibility index (Phi) is 4.88. The number of hydrogen-bond donors (Lipinski definition) is 2. The highest BCUT2D eigenvalue weighted by Gasteiger charge is 2.51. The van der Waals surface area contributed by atoms with E-state index in [4.69, 9.17) is 0 Å². The summed E-state index contributed by atoms with van der Waals surface area (Å²) < 4.78 is 39.0. The highest BCUT2D eigenvalue weighted by molar-refractivity contribution is 5.95. The van der Waals surface area contributed by atoms with E-state index >= 15 is 0 Å². The summed E-state index contributed by atoms with van der Waals surface area (Å²) in [6, 6.07) is 2.81. The predicted octanol–water partition coefficient (Wildman–Crippen LogP) is 1.12. The van der Waals surface area contributed by atoms with Crippen molar-refractivity contribution in [3.05, 3.63) is 23.9 Å². The normalized spacial score (nSPS) is 22.0. The Labute approximate surface area is 131 Å². The summed E-state index contributed by atoms with van der Waals surface area (Å²) in [6.45, 7) is -0.170. The number of likely N-dealkylation sites (tertiary alicyclic amines) is 1. The van der Waals surface area contributed by atoms with Gasteiger partial charge < -0.3 is 15.5 Å². The van der Waals surface area contributed by atoms with E-state index < -0.39 is 23.9 Å². The molecule has 0 saturated carbocycles. The van der Waals surface area contributed by atoms with Gasteiger partial charge in [-0.25, -0.2) is 4.98 Å². The molecule has 2 amide bonds. The van der Waals surface area contributed by atoms with Crippen LogP contribution >= 0.6 is 0 Å². The number of carbonyl (C=O) groups is 2. The second-order valence-corrected chi connectivity index (χ2v) is 5.48. The highest BCUT2D eigenvalue weighted by Crippen LogP contribution is 2.37. The molecule has 2 heterocycles. The summed E-state index contributed by atoms with van der Waals surface area (Å²) in [5.74, 6) is -3.84. The van der Waals surface area contributed by atoms with Crippen LogP contribution in [-0.2, 0) is 4.79 Å². The van der Waals surface area contributed by atoms with Gasteiger partial charge in [-0.1, -0.05) is 0 Å². The SMILES string of the molecule is CNC(=O)c1ccc(NC(=O)[C@@H]2CN(C)C[C@H]2C(F)(F)F)nc1. The predicted molar refractivity (Wildman–Crippen MR) is 76.8 cm³/mol. The summed E-state index contributed by atoms with van der Waals surface area (Å²) in [7, 11) is 3.01. The fourth-order valence-corrected chi connectivity index (χ4v) is 2.56. The zero-order valence-corrected chi connectivity index (χ0v) is 12.6. The smallest absolute Gasteiger partial charge is 0.355 e. The van der Waals surface area contributed by atoms with Crippen molar-refractivity contribution in [1.29, 1.82) is 0 Å². The number of hydrogen-bond acceptors (Lipinski definition) is 4. The van der Waals surface area contributed by atoms with Crippen LogP contribution in [0, 0.1) is 11.8 Å². The lowest BCUT2D eigenvalue weighted by Crippen LogP contribution is -2.36. The number of amides is 2. The Hall–Kier alpha value is -2.16. The number of nitrogens with one attached hydrogen (secondary N) is 2. The van der Waals surface area contributed by atoms with Crippen molar-refractivity contribution in [3.8, 4) is 0 Å². The molecule has 1 aromatic rings. The third kappa shape index (κ3) is 3.98. The summed E-state index contributed by atoms with van der Waals surface area (Å²) in [5, 5.41) is 4.80. The van der Waals surface area contributed by atoms with E-state index in [1.807, 2.05) is 0 Å². The molecule has 0 unspecified atom stereocenters. The van der Waals surface area contributed by atoms with Crippen LogP contribution in [0.15, 0.2) is 18.3 Å². The van der Waals surface area contributed by atoms with Crippen LogP contribution in [0.2, 0.25) is 0 Å². The average molecular weight is 330 g/mol. The first-order valence-corrected chi connectivity index (χ1v) is 6.96. The molecular weight excluding hydrogens is 313 g/mol. The van der Waals surface area contributed by atoms with Crippen LogP contribution in [0.25, 0.3) is 0 Å². The van der Waals surface area contributed by atoms with Gasteiger partial charge in [0.25, 0.3) is 5.91 Å². The van der Waals surface area contributed by atoms with Crippen molar-refractivity contribution in [1.82, 2.24) is 15.2 Å². The minimum absolute atomic E-state index is 0.0341. The number of anilines is 1. The molecule has 23 heavy (non-hydrogen) atoms. The van der Waals surface area contributed by atoms with Gasteiger partial charge in [-0.15, -0.1) is 0 Å². The van der Waals surface area contributed by atoms with Crippen LogP contribution in [0.5, 0.6) is 0 Å². The Morgan fingerprint density at radius 1 is 1.30 bits per heavy atom. The quantitative estimate of drug-likeness (QED) is 0.871.